The van der Waals surface area contributed by atoms with Crippen molar-refractivity contribution in [2.45, 2.75) is 31.2 Å². The van der Waals surface area contributed by atoms with Gasteiger partial charge in [-0.25, -0.2) is 4.39 Å². The van der Waals surface area contributed by atoms with Crippen LogP contribution in [-0.4, -0.2) is 19.1 Å². The Bertz CT molecular complexity index is 904. The summed E-state index contributed by atoms with van der Waals surface area (Å²) in [5.41, 5.74) is 2.98. The maximum absolute atomic E-state index is 14.8. The van der Waals surface area contributed by atoms with E-state index < -0.39 is 0 Å². The van der Waals surface area contributed by atoms with Gasteiger partial charge < -0.3 is 15.4 Å². The number of rotatable bonds is 2. The Morgan fingerprint density at radius 2 is 2.11 bits per heavy atom. The van der Waals surface area contributed by atoms with Crippen LogP contribution in [0.2, 0.25) is 0 Å². The molecule has 1 aliphatic carbocycles. The van der Waals surface area contributed by atoms with Gasteiger partial charge in [0.2, 0.25) is 5.91 Å². The van der Waals surface area contributed by atoms with Gasteiger partial charge in [-0.3, -0.25) is 4.79 Å². The number of carbonyl (C=O) groups is 1. The van der Waals surface area contributed by atoms with Crippen molar-refractivity contribution in [1.29, 1.82) is 0 Å². The van der Waals surface area contributed by atoms with Crippen LogP contribution in [-0.2, 0) is 23.2 Å². The van der Waals surface area contributed by atoms with Crippen molar-refractivity contribution in [2.75, 3.05) is 18.5 Å². The number of hydrogen-bond acceptors (Lipinski definition) is 3. The lowest BCUT2D eigenvalue weighted by Gasteiger charge is -2.26. The molecule has 3 aliphatic rings. The summed E-state index contributed by atoms with van der Waals surface area (Å²) in [6.07, 6.45) is 2.29. The third-order valence-electron chi connectivity index (χ3n) is 6.09. The smallest absolute Gasteiger partial charge is 0.228 e. The fourth-order valence-corrected chi connectivity index (χ4v) is 4.55. The molecule has 2 N–H and O–H groups in total. The number of hydrogen-bond donors (Lipinski definition) is 2. The van der Waals surface area contributed by atoms with Crippen molar-refractivity contribution >= 4 is 24.0 Å². The van der Waals surface area contributed by atoms with E-state index in [1.807, 2.05) is 30.3 Å². The molecule has 4 nitrogen and oxygen atoms in total. The Morgan fingerprint density at radius 1 is 1.26 bits per heavy atom. The van der Waals surface area contributed by atoms with E-state index in [4.69, 9.17) is 4.74 Å². The second-order valence-electron chi connectivity index (χ2n) is 7.49. The Balaban J connectivity index is 0.00000180. The quantitative estimate of drug-likeness (QED) is 0.826. The van der Waals surface area contributed by atoms with Crippen molar-refractivity contribution < 1.29 is 13.9 Å². The molecule has 2 heterocycles. The Hall–Kier alpha value is -2.11. The zero-order valence-corrected chi connectivity index (χ0v) is 15.7. The lowest BCUT2D eigenvalue weighted by Crippen LogP contribution is -2.28. The van der Waals surface area contributed by atoms with E-state index >= 15 is 0 Å². The molecule has 0 radical (unpaired) electrons. The number of benzene rings is 2. The molecule has 0 saturated heterocycles. The van der Waals surface area contributed by atoms with Gasteiger partial charge in [-0.15, -0.1) is 12.4 Å². The van der Waals surface area contributed by atoms with Crippen LogP contribution in [0.4, 0.5) is 10.1 Å². The highest BCUT2D eigenvalue weighted by Crippen LogP contribution is 2.60. The number of ether oxygens (including phenoxy) is 1. The van der Waals surface area contributed by atoms with Gasteiger partial charge in [0.25, 0.3) is 0 Å². The largest absolute Gasteiger partial charge is 0.493 e. The fourth-order valence-electron chi connectivity index (χ4n) is 4.55. The third kappa shape index (κ3) is 2.89. The van der Waals surface area contributed by atoms with Crippen LogP contribution < -0.4 is 15.4 Å². The fraction of sp³-hybridized carbons (Fsp3) is 0.381. The maximum atomic E-state index is 14.8. The van der Waals surface area contributed by atoms with Crippen LogP contribution in [0.5, 0.6) is 5.75 Å². The summed E-state index contributed by atoms with van der Waals surface area (Å²) >= 11 is 0. The molecule has 2 aromatic carbocycles. The van der Waals surface area contributed by atoms with Gasteiger partial charge >= 0.3 is 0 Å². The van der Waals surface area contributed by atoms with Crippen molar-refractivity contribution in [3.05, 3.63) is 58.9 Å². The van der Waals surface area contributed by atoms with Gasteiger partial charge in [0.05, 0.1) is 12.3 Å². The van der Waals surface area contributed by atoms with Gasteiger partial charge in [0.1, 0.15) is 11.6 Å². The van der Waals surface area contributed by atoms with E-state index in [-0.39, 0.29) is 35.5 Å². The van der Waals surface area contributed by atoms with Gasteiger partial charge in [0.15, 0.2) is 0 Å². The molecule has 0 bridgehead atoms. The molecule has 27 heavy (non-hydrogen) atoms. The SMILES string of the molecule is Cl.O=C(Nc1ccc2c(c1F)CCNC2)C1CC12CCOc1ccccc12. The molecule has 142 valence electrons. The third-order valence-corrected chi connectivity index (χ3v) is 6.09. The Kier molecular flexibility index (Phi) is 4.60. The first-order valence-corrected chi connectivity index (χ1v) is 9.23. The van der Waals surface area contributed by atoms with Crippen LogP contribution in [0.1, 0.15) is 29.5 Å². The summed E-state index contributed by atoms with van der Waals surface area (Å²) in [5, 5.41) is 6.09. The normalized spacial score (nSPS) is 24.9. The molecule has 5 rings (SSSR count). The van der Waals surface area contributed by atoms with E-state index in [0.29, 0.717) is 25.3 Å². The van der Waals surface area contributed by atoms with Crippen molar-refractivity contribution in [1.82, 2.24) is 5.32 Å². The topological polar surface area (TPSA) is 50.4 Å². The molecule has 1 amide bonds. The van der Waals surface area contributed by atoms with Gasteiger partial charge in [-0.1, -0.05) is 24.3 Å². The summed E-state index contributed by atoms with van der Waals surface area (Å²) in [4.78, 5) is 12.8. The summed E-state index contributed by atoms with van der Waals surface area (Å²) in [5.74, 6) is 0.389. The Labute approximate surface area is 163 Å². The monoisotopic (exact) mass is 388 g/mol. The highest BCUT2D eigenvalue weighted by molar-refractivity contribution is 5.96. The molecule has 1 spiro atoms. The average Bonchev–Trinajstić information content (AvgIpc) is 3.39. The van der Waals surface area contributed by atoms with E-state index in [0.717, 1.165) is 41.8 Å². The number of fused-ring (bicyclic) bond motifs is 3. The van der Waals surface area contributed by atoms with Crippen molar-refractivity contribution in [3.63, 3.8) is 0 Å². The van der Waals surface area contributed by atoms with Gasteiger partial charge in [-0.2, -0.15) is 0 Å². The molecule has 6 heteroatoms. The van der Waals surface area contributed by atoms with Crippen molar-refractivity contribution in [2.24, 2.45) is 5.92 Å². The summed E-state index contributed by atoms with van der Waals surface area (Å²) in [7, 11) is 0. The molecule has 2 atom stereocenters. The number of carbonyl (C=O) groups excluding carboxylic acids is 1. The van der Waals surface area contributed by atoms with Gasteiger partial charge in [-0.05, 0) is 49.1 Å². The standard InChI is InChI=1S/C21H21FN2O2.ClH/c22-19-14-7-9-23-12-13(14)5-6-17(19)24-20(25)16-11-21(16)8-10-26-18-4-2-1-3-15(18)21;/h1-6,16,23H,7-12H2,(H,24,25);1H. The second-order valence-corrected chi connectivity index (χ2v) is 7.49. The molecule has 0 aromatic heterocycles. The number of anilines is 1. The molecule has 2 aromatic rings. The average molecular weight is 389 g/mol. The Morgan fingerprint density at radius 3 is 3.00 bits per heavy atom. The highest BCUT2D eigenvalue weighted by Gasteiger charge is 2.61. The van der Waals surface area contributed by atoms with E-state index in [1.54, 1.807) is 6.07 Å². The van der Waals surface area contributed by atoms with Crippen LogP contribution in [0.3, 0.4) is 0 Å². The summed E-state index contributed by atoms with van der Waals surface area (Å²) < 4.78 is 20.5. The van der Waals surface area contributed by atoms with Crippen LogP contribution in [0.25, 0.3) is 0 Å². The number of nitrogens with one attached hydrogen (secondary N) is 2. The summed E-state index contributed by atoms with van der Waals surface area (Å²) in [6, 6.07) is 11.5. The lowest BCUT2D eigenvalue weighted by molar-refractivity contribution is -0.117. The molecule has 2 unspecified atom stereocenters. The van der Waals surface area contributed by atoms with Crippen LogP contribution in [0, 0.1) is 11.7 Å². The van der Waals surface area contributed by atoms with E-state index in [9.17, 15) is 9.18 Å². The van der Waals surface area contributed by atoms with E-state index in [2.05, 4.69) is 10.6 Å². The second kappa shape index (κ2) is 6.80. The number of para-hydroxylation sites is 1. The minimum Gasteiger partial charge on any atom is -0.493 e. The first kappa shape index (κ1) is 18.3. The molecule has 1 fully saturated rings. The van der Waals surface area contributed by atoms with E-state index in [1.165, 1.54) is 0 Å². The minimum atomic E-state index is -0.278. The van der Waals surface area contributed by atoms with Crippen molar-refractivity contribution in [3.8, 4) is 5.75 Å². The van der Waals surface area contributed by atoms with Crippen LogP contribution >= 0.6 is 12.4 Å². The van der Waals surface area contributed by atoms with Gasteiger partial charge in [0, 0.05) is 23.4 Å². The number of halogens is 2. The molecule has 2 aliphatic heterocycles. The van der Waals surface area contributed by atoms with Crippen LogP contribution in [0.15, 0.2) is 36.4 Å². The predicted octanol–water partition coefficient (Wildman–Crippen LogP) is 3.57. The molecule has 1 saturated carbocycles. The zero-order valence-electron chi connectivity index (χ0n) is 14.9. The molecular formula is C21H22ClFN2O2. The predicted molar refractivity (Wildman–Crippen MR) is 104 cm³/mol. The highest BCUT2D eigenvalue weighted by atomic mass is 35.5. The lowest BCUT2D eigenvalue weighted by atomic mass is 9.87. The maximum Gasteiger partial charge on any atom is 0.228 e. The first-order chi connectivity index (χ1) is 12.7. The number of amides is 1. The minimum absolute atomic E-state index is 0. The first-order valence-electron chi connectivity index (χ1n) is 9.23. The molecular weight excluding hydrogens is 367 g/mol. The summed E-state index contributed by atoms with van der Waals surface area (Å²) in [6.45, 7) is 2.08. The zero-order chi connectivity index (χ0) is 17.7.